The molecule has 0 saturated heterocycles. The Morgan fingerprint density at radius 3 is 2.33 bits per heavy atom. The van der Waals surface area contributed by atoms with Crippen molar-refractivity contribution in [2.75, 3.05) is 7.05 Å². The third-order valence-corrected chi connectivity index (χ3v) is 5.03. The van der Waals surface area contributed by atoms with Gasteiger partial charge in [-0.25, -0.2) is 9.07 Å². The van der Waals surface area contributed by atoms with Crippen molar-refractivity contribution in [3.05, 3.63) is 80.5 Å². The van der Waals surface area contributed by atoms with Crippen molar-refractivity contribution in [3.8, 4) is 0 Å². The average Bonchev–Trinajstić information content (AvgIpc) is 2.88. The minimum atomic E-state index is -0.231. The van der Waals surface area contributed by atoms with Gasteiger partial charge in [-0.1, -0.05) is 53.8 Å². The van der Waals surface area contributed by atoms with E-state index in [1.54, 1.807) is 0 Å². The average molecular weight is 359 g/mol. The first-order chi connectivity index (χ1) is 11.5. The predicted octanol–water partition coefficient (Wildman–Crippen LogP) is 4.80. The molecular formula is C18H18FN3S2. The summed E-state index contributed by atoms with van der Waals surface area (Å²) >= 11 is 6.88. The first-order valence-corrected chi connectivity index (χ1v) is 8.82. The van der Waals surface area contributed by atoms with Crippen LogP contribution in [0.15, 0.2) is 54.6 Å². The van der Waals surface area contributed by atoms with Gasteiger partial charge in [0.1, 0.15) is 10.8 Å². The fourth-order valence-corrected chi connectivity index (χ4v) is 3.83. The number of hydrogen-bond donors (Lipinski definition) is 0. The van der Waals surface area contributed by atoms with Crippen LogP contribution >= 0.6 is 23.6 Å². The largest absolute Gasteiger partial charge is 0.276 e. The van der Waals surface area contributed by atoms with Crippen LogP contribution < -0.4 is 0 Å². The molecule has 0 fully saturated rings. The standard InChI is InChI=1S/C18H18FN3S2/c1-13-20-22(18(23)24-13)12-21(2)17(14-6-4-3-5-7-14)15-8-10-16(19)11-9-15/h3-11,17H,12H2,1-2H3/t17-/m1/s1. The Bertz CT molecular complexity index is 856. The summed E-state index contributed by atoms with van der Waals surface area (Å²) in [6, 6.07) is 16.8. The molecule has 2 aromatic carbocycles. The lowest BCUT2D eigenvalue weighted by atomic mass is 9.98. The summed E-state index contributed by atoms with van der Waals surface area (Å²) in [7, 11) is 2.03. The lowest BCUT2D eigenvalue weighted by molar-refractivity contribution is 0.208. The van der Waals surface area contributed by atoms with Crippen LogP contribution in [0.2, 0.25) is 0 Å². The van der Waals surface area contributed by atoms with Crippen LogP contribution in [0.3, 0.4) is 0 Å². The summed E-state index contributed by atoms with van der Waals surface area (Å²) in [5.74, 6) is -0.231. The van der Waals surface area contributed by atoms with Crippen LogP contribution in [0.25, 0.3) is 0 Å². The van der Waals surface area contributed by atoms with Gasteiger partial charge in [0.25, 0.3) is 0 Å². The van der Waals surface area contributed by atoms with Crippen molar-refractivity contribution in [1.29, 1.82) is 0 Å². The van der Waals surface area contributed by atoms with E-state index in [9.17, 15) is 4.39 Å². The third-order valence-electron chi connectivity index (χ3n) is 3.81. The van der Waals surface area contributed by atoms with Crippen molar-refractivity contribution < 1.29 is 4.39 Å². The summed E-state index contributed by atoms with van der Waals surface area (Å²) < 4.78 is 15.9. The molecule has 0 spiro atoms. The zero-order valence-corrected chi connectivity index (χ0v) is 15.1. The second-order valence-corrected chi connectivity index (χ2v) is 7.48. The SMILES string of the molecule is Cc1nn(CN(C)[C@H](c2ccccc2)c2ccc(F)cc2)c(=S)s1. The van der Waals surface area contributed by atoms with Crippen LogP contribution in [-0.2, 0) is 6.67 Å². The van der Waals surface area contributed by atoms with E-state index in [0.29, 0.717) is 6.67 Å². The normalized spacial score (nSPS) is 12.5. The maximum absolute atomic E-state index is 13.3. The van der Waals surface area contributed by atoms with Crippen molar-refractivity contribution in [2.45, 2.75) is 19.6 Å². The van der Waals surface area contributed by atoms with E-state index in [4.69, 9.17) is 12.2 Å². The molecule has 1 aromatic heterocycles. The molecule has 24 heavy (non-hydrogen) atoms. The van der Waals surface area contributed by atoms with Crippen molar-refractivity contribution in [3.63, 3.8) is 0 Å². The molecule has 0 aliphatic carbocycles. The maximum atomic E-state index is 13.3. The number of benzene rings is 2. The third kappa shape index (κ3) is 3.77. The van der Waals surface area contributed by atoms with E-state index in [2.05, 4.69) is 22.1 Å². The molecule has 3 aromatic rings. The van der Waals surface area contributed by atoms with Gasteiger partial charge >= 0.3 is 0 Å². The monoisotopic (exact) mass is 359 g/mol. The number of hydrogen-bond acceptors (Lipinski definition) is 4. The van der Waals surface area contributed by atoms with Gasteiger partial charge in [0, 0.05) is 0 Å². The highest BCUT2D eigenvalue weighted by atomic mass is 32.1. The van der Waals surface area contributed by atoms with Gasteiger partial charge in [0.05, 0.1) is 12.7 Å². The van der Waals surface area contributed by atoms with Gasteiger partial charge in [0.2, 0.25) is 0 Å². The molecule has 0 unspecified atom stereocenters. The van der Waals surface area contributed by atoms with Crippen molar-refractivity contribution >= 4 is 23.6 Å². The molecule has 0 amide bonds. The number of halogens is 1. The van der Waals surface area contributed by atoms with Crippen LogP contribution in [-0.4, -0.2) is 21.7 Å². The topological polar surface area (TPSA) is 21.1 Å². The van der Waals surface area contributed by atoms with E-state index in [-0.39, 0.29) is 11.9 Å². The first-order valence-electron chi connectivity index (χ1n) is 7.60. The molecule has 0 aliphatic rings. The Hall–Kier alpha value is -1.89. The summed E-state index contributed by atoms with van der Waals surface area (Å²) in [6.45, 7) is 2.52. The zero-order chi connectivity index (χ0) is 17.1. The van der Waals surface area contributed by atoms with E-state index >= 15 is 0 Å². The number of aryl methyl sites for hydroxylation is 1. The predicted molar refractivity (Wildman–Crippen MR) is 98.1 cm³/mol. The second-order valence-electron chi connectivity index (χ2n) is 5.65. The summed E-state index contributed by atoms with van der Waals surface area (Å²) in [4.78, 5) is 2.16. The van der Waals surface area contributed by atoms with E-state index in [1.165, 1.54) is 23.5 Å². The Morgan fingerprint density at radius 1 is 1.12 bits per heavy atom. The molecule has 3 nitrogen and oxygen atoms in total. The molecule has 0 saturated carbocycles. The molecule has 3 rings (SSSR count). The molecule has 1 heterocycles. The maximum Gasteiger partial charge on any atom is 0.180 e. The number of nitrogens with zero attached hydrogens (tertiary/aromatic N) is 3. The summed E-state index contributed by atoms with van der Waals surface area (Å²) in [5.41, 5.74) is 2.17. The molecule has 0 N–H and O–H groups in total. The van der Waals surface area contributed by atoms with E-state index in [1.807, 2.05) is 49.0 Å². The highest BCUT2D eigenvalue weighted by Crippen LogP contribution is 2.28. The number of rotatable bonds is 5. The molecule has 0 bridgehead atoms. The smallest absolute Gasteiger partial charge is 0.180 e. The fourth-order valence-electron chi connectivity index (χ4n) is 2.77. The Kier molecular flexibility index (Phi) is 5.18. The Morgan fingerprint density at radius 2 is 1.75 bits per heavy atom. The van der Waals surface area contributed by atoms with Crippen LogP contribution in [0.4, 0.5) is 4.39 Å². The fraction of sp³-hybridized carbons (Fsp3) is 0.222. The lowest BCUT2D eigenvalue weighted by Crippen LogP contribution is -2.28. The molecular weight excluding hydrogens is 341 g/mol. The van der Waals surface area contributed by atoms with Gasteiger partial charge < -0.3 is 0 Å². The van der Waals surface area contributed by atoms with Gasteiger partial charge in [-0.3, -0.25) is 4.90 Å². The van der Waals surface area contributed by atoms with Gasteiger partial charge in [-0.2, -0.15) is 5.10 Å². The molecule has 6 heteroatoms. The summed E-state index contributed by atoms with van der Waals surface area (Å²) in [5, 5.41) is 5.41. The van der Waals surface area contributed by atoms with Gasteiger partial charge in [0.15, 0.2) is 3.95 Å². The van der Waals surface area contributed by atoms with Crippen LogP contribution in [0.1, 0.15) is 22.2 Å². The highest BCUT2D eigenvalue weighted by molar-refractivity contribution is 7.73. The van der Waals surface area contributed by atoms with Gasteiger partial charge in [-0.05, 0) is 49.4 Å². The summed E-state index contributed by atoms with van der Waals surface area (Å²) in [6.07, 6.45) is 0. The molecule has 0 radical (unpaired) electrons. The second kappa shape index (κ2) is 7.34. The van der Waals surface area contributed by atoms with Crippen LogP contribution in [0.5, 0.6) is 0 Å². The highest BCUT2D eigenvalue weighted by Gasteiger charge is 2.20. The van der Waals surface area contributed by atoms with E-state index in [0.717, 1.165) is 20.1 Å². The van der Waals surface area contributed by atoms with Gasteiger partial charge in [-0.15, -0.1) is 0 Å². The molecule has 124 valence electrons. The van der Waals surface area contributed by atoms with E-state index < -0.39 is 0 Å². The zero-order valence-electron chi connectivity index (χ0n) is 13.5. The minimum absolute atomic E-state index is 0.00398. The van der Waals surface area contributed by atoms with Crippen LogP contribution in [0, 0.1) is 16.7 Å². The Balaban J connectivity index is 1.96. The minimum Gasteiger partial charge on any atom is -0.276 e. The first kappa shape index (κ1) is 17.0. The van der Waals surface area contributed by atoms with Crippen molar-refractivity contribution in [1.82, 2.24) is 14.7 Å². The Labute approximate surface area is 150 Å². The number of aromatic nitrogens is 2. The van der Waals surface area contributed by atoms with Crippen molar-refractivity contribution in [2.24, 2.45) is 0 Å². The molecule has 1 atom stereocenters. The molecule has 0 aliphatic heterocycles. The quantitative estimate of drug-likeness (QED) is 0.611. The lowest BCUT2D eigenvalue weighted by Gasteiger charge is -2.28.